The zero-order chi connectivity index (χ0) is 19.3. The summed E-state index contributed by atoms with van der Waals surface area (Å²) in [5.41, 5.74) is 3.91. The van der Waals surface area contributed by atoms with E-state index in [4.69, 9.17) is 0 Å². The average Bonchev–Trinajstić information content (AvgIpc) is 3.17. The van der Waals surface area contributed by atoms with Gasteiger partial charge in [-0.3, -0.25) is 19.4 Å². The molecule has 8 nitrogen and oxygen atoms in total. The normalized spacial score (nSPS) is 10.8. The van der Waals surface area contributed by atoms with Crippen LogP contribution in [0.4, 0.5) is 0 Å². The zero-order valence-corrected chi connectivity index (χ0v) is 16.2. The van der Waals surface area contributed by atoms with Crippen LogP contribution in [0.25, 0.3) is 11.3 Å². The summed E-state index contributed by atoms with van der Waals surface area (Å²) in [6.45, 7) is 9.69. The third-order valence-corrected chi connectivity index (χ3v) is 4.56. The number of nitrogens with zero attached hydrogens (tertiary/aromatic N) is 4. The molecule has 0 atom stereocenters. The second-order valence-corrected chi connectivity index (χ2v) is 6.26. The van der Waals surface area contributed by atoms with E-state index in [1.807, 2.05) is 34.7 Å². The zero-order valence-electron chi connectivity index (χ0n) is 16.2. The molecule has 0 spiro atoms. The first-order valence-electron chi connectivity index (χ1n) is 9.00. The Labute approximate surface area is 154 Å². The number of carbonyl (C=O) groups excluding carboxylic acids is 2. The van der Waals surface area contributed by atoms with Crippen molar-refractivity contribution in [2.45, 2.75) is 40.5 Å². The molecule has 0 fully saturated rings. The van der Waals surface area contributed by atoms with Gasteiger partial charge in [-0.15, -0.1) is 0 Å². The molecule has 2 aromatic heterocycles. The Balaban J connectivity index is 1.89. The molecule has 26 heavy (non-hydrogen) atoms. The van der Waals surface area contributed by atoms with Crippen LogP contribution in [0.2, 0.25) is 0 Å². The molecular weight excluding hydrogens is 332 g/mol. The van der Waals surface area contributed by atoms with Crippen molar-refractivity contribution in [3.8, 4) is 11.3 Å². The molecule has 142 valence electrons. The number of carbonyl (C=O) groups is 2. The van der Waals surface area contributed by atoms with Crippen LogP contribution in [0.5, 0.6) is 0 Å². The maximum atomic E-state index is 12.3. The summed E-state index contributed by atoms with van der Waals surface area (Å²) in [6.07, 6.45) is 1.05. The van der Waals surface area contributed by atoms with Gasteiger partial charge in [-0.25, -0.2) is 0 Å². The van der Waals surface area contributed by atoms with Crippen LogP contribution in [0.3, 0.4) is 0 Å². The molecule has 2 amide bonds. The molecule has 8 heteroatoms. The van der Waals surface area contributed by atoms with Crippen molar-refractivity contribution in [1.82, 2.24) is 30.2 Å². The van der Waals surface area contributed by atoms with Crippen LogP contribution in [0.15, 0.2) is 6.07 Å². The summed E-state index contributed by atoms with van der Waals surface area (Å²) >= 11 is 0. The first-order chi connectivity index (χ1) is 12.4. The highest BCUT2D eigenvalue weighted by molar-refractivity contribution is 5.93. The van der Waals surface area contributed by atoms with Gasteiger partial charge in [0.2, 0.25) is 5.91 Å². The number of hydrogen-bond acceptors (Lipinski definition) is 4. The Hall–Kier alpha value is -2.64. The summed E-state index contributed by atoms with van der Waals surface area (Å²) in [5.74, 6) is -0.103. The van der Waals surface area contributed by atoms with E-state index in [1.54, 1.807) is 15.6 Å². The second kappa shape index (κ2) is 8.64. The Morgan fingerprint density at radius 1 is 1.27 bits per heavy atom. The van der Waals surface area contributed by atoms with Gasteiger partial charge in [0.25, 0.3) is 5.91 Å². The van der Waals surface area contributed by atoms with E-state index in [9.17, 15) is 9.59 Å². The van der Waals surface area contributed by atoms with Gasteiger partial charge in [0.05, 0.1) is 11.4 Å². The van der Waals surface area contributed by atoms with Crippen LogP contribution in [0.1, 0.15) is 48.6 Å². The molecule has 0 saturated heterocycles. The first kappa shape index (κ1) is 19.7. The lowest BCUT2D eigenvalue weighted by molar-refractivity contribution is -0.130. The Morgan fingerprint density at radius 2 is 1.96 bits per heavy atom. The smallest absolute Gasteiger partial charge is 0.269 e. The number of aromatic nitrogens is 4. The fraction of sp³-hybridized carbons (Fsp3) is 0.556. The number of amides is 2. The lowest BCUT2D eigenvalue weighted by Crippen LogP contribution is -2.31. The number of aromatic amines is 1. The van der Waals surface area contributed by atoms with Gasteiger partial charge in [0.15, 0.2) is 0 Å². The topological polar surface area (TPSA) is 95.9 Å². The fourth-order valence-electron chi connectivity index (χ4n) is 2.98. The number of aryl methyl sites for hydroxylation is 2. The Kier molecular flexibility index (Phi) is 6.54. The van der Waals surface area contributed by atoms with E-state index in [1.165, 1.54) is 0 Å². The molecule has 2 aromatic rings. The van der Waals surface area contributed by atoms with Gasteiger partial charge in [-0.05, 0) is 40.2 Å². The predicted octanol–water partition coefficient (Wildman–Crippen LogP) is 1.81. The van der Waals surface area contributed by atoms with Gasteiger partial charge < -0.3 is 10.2 Å². The average molecular weight is 360 g/mol. The number of H-pyrrole nitrogens is 1. The summed E-state index contributed by atoms with van der Waals surface area (Å²) in [7, 11) is 1.88. The van der Waals surface area contributed by atoms with Gasteiger partial charge in [-0.2, -0.15) is 10.2 Å². The molecule has 0 aliphatic heterocycles. The summed E-state index contributed by atoms with van der Waals surface area (Å²) in [5, 5.41) is 14.2. The molecule has 0 saturated carbocycles. The van der Waals surface area contributed by atoms with Gasteiger partial charge in [0, 0.05) is 44.4 Å². The van der Waals surface area contributed by atoms with E-state index in [0.29, 0.717) is 43.9 Å². The third kappa shape index (κ3) is 4.30. The van der Waals surface area contributed by atoms with Crippen LogP contribution < -0.4 is 5.32 Å². The van der Waals surface area contributed by atoms with E-state index in [2.05, 4.69) is 20.6 Å². The molecular formula is C18H28N6O2. The molecule has 2 N–H and O–H groups in total. The Bertz CT molecular complexity index is 773. The third-order valence-electron chi connectivity index (χ3n) is 4.56. The molecule has 0 radical (unpaired) electrons. The summed E-state index contributed by atoms with van der Waals surface area (Å²) in [6, 6.07) is 1.73. The van der Waals surface area contributed by atoms with Crippen LogP contribution in [0, 0.1) is 13.8 Å². The number of rotatable bonds is 8. The van der Waals surface area contributed by atoms with Crippen molar-refractivity contribution < 1.29 is 9.59 Å². The van der Waals surface area contributed by atoms with Gasteiger partial charge in [-0.1, -0.05) is 0 Å². The maximum absolute atomic E-state index is 12.3. The maximum Gasteiger partial charge on any atom is 0.269 e. The minimum Gasteiger partial charge on any atom is -0.351 e. The Morgan fingerprint density at radius 3 is 2.54 bits per heavy atom. The molecule has 0 aliphatic rings. The highest BCUT2D eigenvalue weighted by Gasteiger charge is 2.17. The van der Waals surface area contributed by atoms with E-state index in [0.717, 1.165) is 17.0 Å². The molecule has 0 aliphatic carbocycles. The van der Waals surface area contributed by atoms with E-state index < -0.39 is 0 Å². The van der Waals surface area contributed by atoms with Crippen LogP contribution in [-0.2, 0) is 11.8 Å². The fourth-order valence-corrected chi connectivity index (χ4v) is 2.98. The van der Waals surface area contributed by atoms with E-state index in [-0.39, 0.29) is 11.8 Å². The van der Waals surface area contributed by atoms with Gasteiger partial charge in [0.1, 0.15) is 5.69 Å². The highest BCUT2D eigenvalue weighted by atomic mass is 16.2. The lowest BCUT2D eigenvalue weighted by Gasteiger charge is -2.18. The van der Waals surface area contributed by atoms with Crippen molar-refractivity contribution in [2.24, 2.45) is 7.05 Å². The largest absolute Gasteiger partial charge is 0.351 e. The minimum atomic E-state index is -0.224. The highest BCUT2D eigenvalue weighted by Crippen LogP contribution is 2.25. The molecule has 0 bridgehead atoms. The van der Waals surface area contributed by atoms with Crippen molar-refractivity contribution >= 4 is 11.8 Å². The predicted molar refractivity (Wildman–Crippen MR) is 99.8 cm³/mol. The van der Waals surface area contributed by atoms with Crippen LogP contribution in [-0.4, -0.2) is 56.3 Å². The molecule has 0 aromatic carbocycles. The first-order valence-corrected chi connectivity index (χ1v) is 9.00. The van der Waals surface area contributed by atoms with Crippen molar-refractivity contribution in [2.75, 3.05) is 19.6 Å². The van der Waals surface area contributed by atoms with E-state index >= 15 is 0 Å². The van der Waals surface area contributed by atoms with Crippen molar-refractivity contribution in [1.29, 1.82) is 0 Å². The quantitative estimate of drug-likeness (QED) is 0.702. The second-order valence-electron chi connectivity index (χ2n) is 6.26. The minimum absolute atomic E-state index is 0.121. The SMILES string of the molecule is CCN(CC)C(=O)CCCNC(=O)c1cc(-c2c(C)nn(C)c2C)n[nH]1. The van der Waals surface area contributed by atoms with Crippen molar-refractivity contribution in [3.63, 3.8) is 0 Å². The summed E-state index contributed by atoms with van der Waals surface area (Å²) in [4.78, 5) is 26.0. The molecule has 2 rings (SSSR count). The van der Waals surface area contributed by atoms with Gasteiger partial charge >= 0.3 is 0 Å². The lowest BCUT2D eigenvalue weighted by atomic mass is 10.1. The summed E-state index contributed by atoms with van der Waals surface area (Å²) < 4.78 is 1.80. The number of nitrogens with one attached hydrogen (secondary N) is 2. The molecule has 0 unspecified atom stereocenters. The number of hydrogen-bond donors (Lipinski definition) is 2. The molecule has 2 heterocycles. The van der Waals surface area contributed by atoms with Crippen LogP contribution >= 0.6 is 0 Å². The van der Waals surface area contributed by atoms with Crippen molar-refractivity contribution in [3.05, 3.63) is 23.1 Å². The monoisotopic (exact) mass is 360 g/mol. The standard InChI is InChI=1S/C18H28N6O2/c1-6-24(7-2)16(25)9-8-10-19-18(26)15-11-14(20-21-15)17-12(3)22-23(5)13(17)4/h11H,6-10H2,1-5H3,(H,19,26)(H,20,21).